The Morgan fingerprint density at radius 1 is 1.28 bits per heavy atom. The first-order valence-corrected chi connectivity index (χ1v) is 9.59. The first kappa shape index (κ1) is 25.2. The zero-order valence-corrected chi connectivity index (χ0v) is 20.4. The second-order valence-corrected chi connectivity index (χ2v) is 8.32. The van der Waals surface area contributed by atoms with Gasteiger partial charge in [-0.05, 0) is 44.4 Å². The lowest BCUT2D eigenvalue weighted by atomic mass is 9.99. The fraction of sp³-hybridized carbons (Fsp3) is 0.571. The van der Waals surface area contributed by atoms with Gasteiger partial charge in [0.25, 0.3) is 5.91 Å². The molecule has 1 heterocycles. The molecule has 2 unspecified atom stereocenters. The van der Waals surface area contributed by atoms with E-state index >= 15 is 0 Å². The number of likely N-dealkylation sites (tertiary alicyclic amines) is 1. The highest BCUT2D eigenvalue weighted by Crippen LogP contribution is 2.24. The molecule has 0 aromatic heterocycles. The summed E-state index contributed by atoms with van der Waals surface area (Å²) in [6.45, 7) is 9.79. The molecule has 1 aliphatic rings. The van der Waals surface area contributed by atoms with E-state index in [0.29, 0.717) is 18.7 Å². The zero-order chi connectivity index (χ0) is 20.9. The number of carbonyl (C=O) groups excluding carboxylic acids is 2. The summed E-state index contributed by atoms with van der Waals surface area (Å²) >= 11 is 0. The van der Waals surface area contributed by atoms with E-state index in [0.717, 1.165) is 18.1 Å². The van der Waals surface area contributed by atoms with E-state index in [4.69, 9.17) is 4.74 Å². The third-order valence-electron chi connectivity index (χ3n) is 4.76. The molecule has 0 aliphatic carbocycles. The van der Waals surface area contributed by atoms with Crippen LogP contribution in [0.4, 0.5) is 0 Å². The van der Waals surface area contributed by atoms with E-state index in [1.807, 2.05) is 52.0 Å². The van der Waals surface area contributed by atoms with Crippen LogP contribution in [0.1, 0.15) is 43.6 Å². The number of guanidine groups is 1. The first-order chi connectivity index (χ1) is 13.1. The Balaban J connectivity index is 0.00000420. The second kappa shape index (κ2) is 10.8. The fourth-order valence-corrected chi connectivity index (χ4v) is 3.35. The van der Waals surface area contributed by atoms with Crippen LogP contribution in [0, 0.1) is 11.8 Å². The lowest BCUT2D eigenvalue weighted by Gasteiger charge is -2.22. The molecule has 2 rings (SSSR count). The van der Waals surface area contributed by atoms with Crippen LogP contribution in [-0.4, -0.2) is 55.5 Å². The number of hydrogen-bond acceptors (Lipinski definition) is 4. The van der Waals surface area contributed by atoms with Gasteiger partial charge in [-0.25, -0.2) is 0 Å². The van der Waals surface area contributed by atoms with Gasteiger partial charge in [0, 0.05) is 37.8 Å². The van der Waals surface area contributed by atoms with E-state index in [9.17, 15) is 9.59 Å². The number of ether oxygens (including phenoxy) is 1. The number of methoxy groups -OCH3 is 1. The van der Waals surface area contributed by atoms with Gasteiger partial charge in [-0.15, -0.1) is 24.0 Å². The largest absolute Gasteiger partial charge is 0.469 e. The number of halogens is 1. The van der Waals surface area contributed by atoms with Crippen molar-refractivity contribution in [2.24, 2.45) is 16.8 Å². The maximum Gasteiger partial charge on any atom is 0.310 e. The smallest absolute Gasteiger partial charge is 0.310 e. The van der Waals surface area contributed by atoms with E-state index in [1.165, 1.54) is 7.11 Å². The molecule has 162 valence electrons. The minimum absolute atomic E-state index is 0. The number of amides is 1. The topological polar surface area (TPSA) is 83.0 Å². The summed E-state index contributed by atoms with van der Waals surface area (Å²) in [6, 6.07) is 7.54. The minimum atomic E-state index is -0.282. The Hall–Kier alpha value is -1.84. The van der Waals surface area contributed by atoms with Crippen molar-refractivity contribution >= 4 is 41.8 Å². The van der Waals surface area contributed by atoms with Crippen LogP contribution in [0.3, 0.4) is 0 Å². The molecule has 29 heavy (non-hydrogen) atoms. The minimum Gasteiger partial charge on any atom is -0.469 e. The van der Waals surface area contributed by atoms with Crippen LogP contribution in [0.15, 0.2) is 29.3 Å². The number of aliphatic imine (C=N–C) groups is 1. The number of benzene rings is 1. The fourth-order valence-electron chi connectivity index (χ4n) is 3.35. The average Bonchev–Trinajstić information content (AvgIpc) is 3.02. The Kier molecular flexibility index (Phi) is 9.38. The summed E-state index contributed by atoms with van der Waals surface area (Å²) in [7, 11) is 3.15. The number of nitrogens with one attached hydrogen (secondary N) is 2. The van der Waals surface area contributed by atoms with Crippen LogP contribution >= 0.6 is 24.0 Å². The lowest BCUT2D eigenvalue weighted by Crippen LogP contribution is -2.41. The molecule has 0 radical (unpaired) electrons. The molecule has 2 atom stereocenters. The second-order valence-electron chi connectivity index (χ2n) is 8.32. The molecule has 2 N–H and O–H groups in total. The van der Waals surface area contributed by atoms with Crippen molar-refractivity contribution in [3.05, 3.63) is 35.4 Å². The Morgan fingerprint density at radius 3 is 2.55 bits per heavy atom. The van der Waals surface area contributed by atoms with Gasteiger partial charge in [0.15, 0.2) is 5.96 Å². The molecule has 1 fully saturated rings. The number of esters is 1. The highest BCUT2D eigenvalue weighted by molar-refractivity contribution is 14.0. The molecule has 1 aromatic carbocycles. The van der Waals surface area contributed by atoms with Crippen LogP contribution in [0.25, 0.3) is 0 Å². The summed E-state index contributed by atoms with van der Waals surface area (Å²) < 4.78 is 4.90. The summed E-state index contributed by atoms with van der Waals surface area (Å²) in [6.07, 6.45) is 0. The summed E-state index contributed by atoms with van der Waals surface area (Å²) in [5.74, 6) is 0.530. The predicted octanol–water partition coefficient (Wildman–Crippen LogP) is 2.65. The van der Waals surface area contributed by atoms with Gasteiger partial charge < -0.3 is 20.3 Å². The number of hydrogen-bond donors (Lipinski definition) is 2. The lowest BCUT2D eigenvalue weighted by molar-refractivity contribution is -0.145. The van der Waals surface area contributed by atoms with Gasteiger partial charge in [-0.3, -0.25) is 14.6 Å². The molecular formula is C21H33IN4O3. The predicted molar refractivity (Wildman–Crippen MR) is 126 cm³/mol. The monoisotopic (exact) mass is 516 g/mol. The summed E-state index contributed by atoms with van der Waals surface area (Å²) in [5, 5.41) is 6.31. The van der Waals surface area contributed by atoms with Crippen LogP contribution in [-0.2, 0) is 16.1 Å². The maximum atomic E-state index is 12.4. The summed E-state index contributed by atoms with van der Waals surface area (Å²) in [5.41, 5.74) is 1.33. The molecule has 0 spiro atoms. The van der Waals surface area contributed by atoms with Gasteiger partial charge in [0.2, 0.25) is 0 Å². The zero-order valence-electron chi connectivity index (χ0n) is 18.1. The normalized spacial score (nSPS) is 19.4. The van der Waals surface area contributed by atoms with E-state index in [1.54, 1.807) is 7.05 Å². The number of carbonyl (C=O) groups is 2. The van der Waals surface area contributed by atoms with E-state index < -0.39 is 0 Å². The van der Waals surface area contributed by atoms with E-state index in [2.05, 4.69) is 20.5 Å². The van der Waals surface area contributed by atoms with Crippen molar-refractivity contribution in [3.63, 3.8) is 0 Å². The van der Waals surface area contributed by atoms with Crippen LogP contribution < -0.4 is 10.6 Å². The van der Waals surface area contributed by atoms with Gasteiger partial charge in [0.1, 0.15) is 0 Å². The Bertz CT molecular complexity index is 746. The maximum absolute atomic E-state index is 12.4. The highest BCUT2D eigenvalue weighted by Gasteiger charge is 2.36. The molecule has 8 heteroatoms. The van der Waals surface area contributed by atoms with Gasteiger partial charge >= 0.3 is 5.97 Å². The number of rotatable bonds is 4. The third-order valence-corrected chi connectivity index (χ3v) is 4.76. The van der Waals surface area contributed by atoms with Gasteiger partial charge in [-0.1, -0.05) is 19.1 Å². The summed E-state index contributed by atoms with van der Waals surface area (Å²) in [4.78, 5) is 30.7. The van der Waals surface area contributed by atoms with Crippen molar-refractivity contribution in [1.29, 1.82) is 0 Å². The molecule has 1 saturated heterocycles. The Labute approximate surface area is 190 Å². The van der Waals surface area contributed by atoms with Gasteiger partial charge in [-0.2, -0.15) is 0 Å². The quantitative estimate of drug-likeness (QED) is 0.278. The first-order valence-electron chi connectivity index (χ1n) is 9.59. The van der Waals surface area contributed by atoms with Crippen molar-refractivity contribution in [2.75, 3.05) is 27.2 Å². The average molecular weight is 516 g/mol. The molecule has 0 saturated carbocycles. The Morgan fingerprint density at radius 2 is 1.97 bits per heavy atom. The highest BCUT2D eigenvalue weighted by atomic mass is 127. The van der Waals surface area contributed by atoms with Crippen molar-refractivity contribution in [3.8, 4) is 0 Å². The van der Waals surface area contributed by atoms with E-state index in [-0.39, 0.29) is 53.2 Å². The number of nitrogens with zero attached hydrogens (tertiary/aromatic N) is 2. The van der Waals surface area contributed by atoms with Crippen molar-refractivity contribution in [1.82, 2.24) is 15.5 Å². The molecule has 1 amide bonds. The molecule has 1 aromatic rings. The molecule has 0 bridgehead atoms. The van der Waals surface area contributed by atoms with Crippen LogP contribution in [0.2, 0.25) is 0 Å². The van der Waals surface area contributed by atoms with Crippen molar-refractivity contribution in [2.45, 2.75) is 39.8 Å². The van der Waals surface area contributed by atoms with Crippen LogP contribution in [0.5, 0.6) is 0 Å². The molecular weight excluding hydrogens is 483 g/mol. The molecule has 1 aliphatic heterocycles. The third kappa shape index (κ3) is 7.17. The van der Waals surface area contributed by atoms with Gasteiger partial charge in [0.05, 0.1) is 13.0 Å². The SMILES string of the molecule is CN=C(NCc1cccc(C(=O)NC(C)(C)C)c1)N1CC(C)C(C(=O)OC)C1.I. The van der Waals surface area contributed by atoms with Crippen molar-refractivity contribution < 1.29 is 14.3 Å². The standard InChI is InChI=1S/C21H32N4O3.HI/c1-14-12-25(13-17(14)19(27)28-6)20(22-5)23-11-15-8-7-9-16(10-15)18(26)24-21(2,3)4;/h7-10,14,17H,11-13H2,1-6H3,(H,22,23)(H,24,26);1H. The molecule has 7 nitrogen and oxygen atoms in total.